The molecule has 39 heavy (non-hydrogen) atoms. The minimum absolute atomic E-state index is 0. The molecule has 0 aliphatic heterocycles. The number of aliphatic hydroxyl groups excluding tert-OH is 2. The van der Waals surface area contributed by atoms with Crippen LogP contribution in [0.4, 0.5) is 0 Å². The van der Waals surface area contributed by atoms with Crippen LogP contribution in [0.5, 0.6) is 0 Å². The van der Waals surface area contributed by atoms with Crippen LogP contribution in [0.25, 0.3) is 0 Å². The topological polar surface area (TPSA) is 158 Å². The molecule has 0 bridgehead atoms. The number of hydrogen-bond acceptors (Lipinski definition) is 10. The van der Waals surface area contributed by atoms with Gasteiger partial charge in [-0.2, -0.15) is 0 Å². The van der Waals surface area contributed by atoms with Crippen molar-refractivity contribution in [2.75, 3.05) is 25.7 Å². The Hall–Kier alpha value is 1.34. The largest absolute Gasteiger partial charge is 1.00 e. The first kappa shape index (κ1) is 47.3. The van der Waals surface area contributed by atoms with E-state index in [4.69, 9.17) is 37.8 Å². The zero-order valence-electron chi connectivity index (χ0n) is 27.3. The van der Waals surface area contributed by atoms with Crippen molar-refractivity contribution >= 4 is 66.0 Å². The van der Waals surface area contributed by atoms with Crippen LogP contribution < -0.4 is 0 Å². The predicted octanol–water partition coefficient (Wildman–Crippen LogP) is 3.02. The monoisotopic (exact) mass is 703 g/mol. The van der Waals surface area contributed by atoms with Gasteiger partial charge >= 0.3 is 9.51 Å². The van der Waals surface area contributed by atoms with Crippen LogP contribution in [-0.4, -0.2) is 122 Å². The molecule has 6 N–H and O–H groups in total. The van der Waals surface area contributed by atoms with Crippen LogP contribution in [0, 0.1) is 0 Å². The maximum absolute atomic E-state index is 9.20. The molecular weight excluding hydrogens is 637 g/mol. The van der Waals surface area contributed by atoms with Gasteiger partial charge in [-0.3, -0.25) is 19.7 Å². The lowest BCUT2D eigenvalue weighted by Gasteiger charge is -2.52. The van der Waals surface area contributed by atoms with Crippen LogP contribution >= 0.6 is 0 Å². The van der Waals surface area contributed by atoms with Gasteiger partial charge in [0.05, 0.1) is 12.5 Å². The Labute approximate surface area is 251 Å². The van der Waals surface area contributed by atoms with Gasteiger partial charge in [-0.1, -0.05) is 53.3 Å². The first-order chi connectivity index (χ1) is 17.2. The minimum Gasteiger partial charge on any atom is -0.435 e. The summed E-state index contributed by atoms with van der Waals surface area (Å²) in [7, 11) is -11.2. The highest BCUT2D eigenvalue weighted by molar-refractivity contribution is 7.87. The fourth-order valence-corrected chi connectivity index (χ4v) is 74.8. The second-order valence-corrected chi connectivity index (χ2v) is 60.4. The van der Waals surface area contributed by atoms with E-state index in [0.717, 1.165) is 24.9 Å². The Balaban J connectivity index is -0.000000153. The first-order valence-corrected chi connectivity index (χ1v) is 38.3. The van der Waals surface area contributed by atoms with Crippen molar-refractivity contribution in [3.8, 4) is 0 Å². The van der Waals surface area contributed by atoms with Crippen LogP contribution in [0.3, 0.4) is 0 Å². The Morgan fingerprint density at radius 3 is 1.05 bits per heavy atom. The van der Waals surface area contributed by atoms with E-state index < -0.39 is 66.0 Å². The highest BCUT2D eigenvalue weighted by Crippen LogP contribution is 2.37. The molecule has 18 heteroatoms. The Morgan fingerprint density at radius 1 is 0.615 bits per heavy atom. The van der Waals surface area contributed by atoms with E-state index in [1.54, 1.807) is 6.55 Å². The third kappa shape index (κ3) is 20.0. The summed E-state index contributed by atoms with van der Waals surface area (Å²) in [6.45, 7) is 25.1. The Kier molecular flexibility index (Phi) is 28.8. The lowest BCUT2D eigenvalue weighted by molar-refractivity contribution is -0.230. The molecule has 0 spiro atoms. The number of hydrogen-bond donors (Lipinski definition) is 6. The van der Waals surface area contributed by atoms with Gasteiger partial charge in [-0.25, -0.2) is 0 Å². The molecule has 0 aliphatic rings. The fraction of sp³-hybridized carbons (Fsp3) is 1.00. The quantitative estimate of drug-likeness (QED) is 0.0576. The standard InChI is InChI=1S/C8H26O4Si4.2C6H18O3Si2.CH4/c1-13(2,3)16(8,14(4,5)6)15(7,11-9)12-10;2*1-10(8)5-3-4-9-11(2)6-7;/h9-10H,1-8H3;2*7-8,10-11H,3-6H2,1-2H3;1H4/p+1. The van der Waals surface area contributed by atoms with E-state index >= 15 is 0 Å². The smallest absolute Gasteiger partial charge is 0.435 e. The molecule has 0 fully saturated rings. The molecule has 0 amide bonds. The molecule has 0 saturated heterocycles. The van der Waals surface area contributed by atoms with Gasteiger partial charge in [0.15, 0.2) is 36.2 Å². The van der Waals surface area contributed by atoms with Crippen molar-refractivity contribution in [1.82, 2.24) is 0 Å². The zero-order chi connectivity index (χ0) is 30.8. The molecule has 0 aromatic carbocycles. The van der Waals surface area contributed by atoms with Gasteiger partial charge < -0.3 is 28.7 Å². The molecule has 10 nitrogen and oxygen atoms in total. The summed E-state index contributed by atoms with van der Waals surface area (Å²) in [5, 5.41) is 35.7. The van der Waals surface area contributed by atoms with Gasteiger partial charge in [0.2, 0.25) is 0 Å². The molecule has 242 valence electrons. The number of aliphatic hydroxyl groups is 2. The normalized spacial score (nSPS) is 15.5. The molecule has 4 atom stereocenters. The van der Waals surface area contributed by atoms with Gasteiger partial charge in [0.25, 0.3) is 0 Å². The maximum Gasteiger partial charge on any atom is 1.00 e. The summed E-state index contributed by atoms with van der Waals surface area (Å²) in [6, 6.07) is 1.85. The molecule has 0 aliphatic carbocycles. The molecule has 0 heterocycles. The lowest BCUT2D eigenvalue weighted by Crippen LogP contribution is -2.84. The van der Waals surface area contributed by atoms with Gasteiger partial charge in [-0.05, 0) is 57.7 Å². The minimum atomic E-state index is -2.85. The average Bonchev–Trinajstić information content (AvgIpc) is 2.82. The SMILES string of the molecule is C.C[SiH](O)CCCO[SiH](C)CO.C[SiH](O)CCCO[SiH](C)CO.C[Si](C)(C)[Si](C)([Si](C)(C)C)[Si](C)(OO)OO.[H+]. The van der Waals surface area contributed by atoms with E-state index in [9.17, 15) is 10.5 Å². The van der Waals surface area contributed by atoms with Gasteiger partial charge in [0.1, 0.15) is 6.63 Å². The Morgan fingerprint density at radius 2 is 0.897 bits per heavy atom. The fourth-order valence-electron chi connectivity index (χ4n) is 4.12. The molecule has 0 rings (SSSR count). The maximum atomic E-state index is 9.20. The van der Waals surface area contributed by atoms with Crippen LogP contribution in [-0.2, 0) is 18.0 Å². The van der Waals surface area contributed by atoms with E-state index in [1.807, 2.05) is 26.2 Å². The molecule has 0 aromatic heterocycles. The summed E-state index contributed by atoms with van der Waals surface area (Å²) in [5.41, 5.74) is 0. The van der Waals surface area contributed by atoms with Crippen LogP contribution in [0.15, 0.2) is 0 Å². The third-order valence-corrected chi connectivity index (χ3v) is 79.9. The Bertz CT molecular complexity index is 533. The second kappa shape index (κ2) is 23.7. The molecule has 0 aromatic rings. The number of rotatable bonds is 17. The first-order valence-electron chi connectivity index (χ1n) is 13.7. The van der Waals surface area contributed by atoms with Crippen LogP contribution in [0.1, 0.15) is 21.7 Å². The summed E-state index contributed by atoms with van der Waals surface area (Å²) in [5.74, 6) is 0. The van der Waals surface area contributed by atoms with Crippen molar-refractivity contribution in [1.29, 1.82) is 0 Å². The van der Waals surface area contributed by atoms with Crippen molar-refractivity contribution in [3.05, 3.63) is 0 Å². The lowest BCUT2D eigenvalue weighted by atomic mass is 10.5. The van der Waals surface area contributed by atoms with Gasteiger partial charge in [-0.15, -0.1) is 0 Å². The predicted molar refractivity (Wildman–Crippen MR) is 187 cm³/mol. The average molecular weight is 704 g/mol. The molecule has 0 saturated carbocycles. The zero-order valence-corrected chi connectivity index (χ0v) is 34.9. The molecule has 4 unspecified atom stereocenters. The van der Waals surface area contributed by atoms with Crippen molar-refractivity contribution < 1.29 is 49.8 Å². The highest BCUT2D eigenvalue weighted by Gasteiger charge is 2.67. The summed E-state index contributed by atoms with van der Waals surface area (Å²) in [6.07, 6.45) is 2.32. The molecular formula is C21H67O10Si8+. The van der Waals surface area contributed by atoms with Crippen molar-refractivity contribution in [2.45, 2.75) is 111 Å². The molecule has 0 radical (unpaired) electrons. The van der Waals surface area contributed by atoms with E-state index in [-0.39, 0.29) is 21.3 Å². The summed E-state index contributed by atoms with van der Waals surface area (Å²) >= 11 is 0. The van der Waals surface area contributed by atoms with Crippen molar-refractivity contribution in [2.24, 2.45) is 0 Å². The van der Waals surface area contributed by atoms with E-state index in [2.05, 4.69) is 45.8 Å². The summed E-state index contributed by atoms with van der Waals surface area (Å²) < 4.78 is 20.1. The highest BCUT2D eigenvalue weighted by atomic mass is 29.9. The van der Waals surface area contributed by atoms with E-state index in [0.29, 0.717) is 13.2 Å². The summed E-state index contributed by atoms with van der Waals surface area (Å²) in [4.78, 5) is 18.0. The second-order valence-electron chi connectivity index (χ2n) is 12.5. The van der Waals surface area contributed by atoms with Gasteiger partial charge in [0, 0.05) is 28.4 Å². The van der Waals surface area contributed by atoms with Crippen LogP contribution in [0.2, 0.25) is 90.7 Å². The third-order valence-electron chi connectivity index (χ3n) is 7.11. The van der Waals surface area contributed by atoms with Crippen molar-refractivity contribution in [3.63, 3.8) is 0 Å². The van der Waals surface area contributed by atoms with E-state index in [1.165, 1.54) is 0 Å².